The molecule has 0 radical (unpaired) electrons. The number of benzene rings is 1. The van der Waals surface area contributed by atoms with Crippen LogP contribution in [0.3, 0.4) is 0 Å². The Morgan fingerprint density at radius 1 is 1.25 bits per heavy atom. The maximum atomic E-state index is 9.64. The molecule has 1 aromatic carbocycles. The number of aliphatic hydroxyl groups excluding tert-OH is 1. The van der Waals surface area contributed by atoms with Crippen LogP contribution in [0.4, 0.5) is 0 Å². The summed E-state index contributed by atoms with van der Waals surface area (Å²) in [6.45, 7) is 5.92. The molecule has 0 aliphatic carbocycles. The van der Waals surface area contributed by atoms with Crippen LogP contribution in [0.25, 0.3) is 0 Å². The number of rotatable bonds is 8. The summed E-state index contributed by atoms with van der Waals surface area (Å²) in [5.41, 5.74) is 2.04. The van der Waals surface area contributed by atoms with Gasteiger partial charge >= 0.3 is 0 Å². The van der Waals surface area contributed by atoms with Crippen LogP contribution in [0.15, 0.2) is 45.9 Å². The minimum absolute atomic E-state index is 0.0204. The maximum absolute atomic E-state index is 9.64. The Kier molecular flexibility index (Phi) is 7.29. The molecule has 24 heavy (non-hydrogen) atoms. The van der Waals surface area contributed by atoms with Gasteiger partial charge in [0.05, 0.1) is 12.3 Å². The van der Waals surface area contributed by atoms with E-state index >= 15 is 0 Å². The van der Waals surface area contributed by atoms with E-state index in [4.69, 9.17) is 4.52 Å². The van der Waals surface area contributed by atoms with E-state index in [2.05, 4.69) is 20.8 Å². The first-order chi connectivity index (χ1) is 11.8. The number of hydrogen-bond acceptors (Lipinski definition) is 4. The largest absolute Gasteiger partial charge is 0.396 e. The van der Waals surface area contributed by atoms with Gasteiger partial charge in [-0.15, -0.1) is 0 Å². The number of aliphatic hydroxyl groups is 1. The first-order valence-electron chi connectivity index (χ1n) is 8.39. The minimum Gasteiger partial charge on any atom is -0.396 e. The smallest absolute Gasteiger partial charge is 0.191 e. The number of guanidine groups is 1. The van der Waals surface area contributed by atoms with Gasteiger partial charge in [0, 0.05) is 25.1 Å². The molecule has 0 spiro atoms. The molecule has 2 rings (SSSR count). The molecule has 0 saturated carbocycles. The van der Waals surface area contributed by atoms with Gasteiger partial charge in [0.2, 0.25) is 0 Å². The van der Waals surface area contributed by atoms with E-state index in [1.165, 1.54) is 0 Å². The van der Waals surface area contributed by atoms with E-state index in [-0.39, 0.29) is 12.5 Å². The van der Waals surface area contributed by atoms with Crippen LogP contribution in [0.1, 0.15) is 36.8 Å². The zero-order chi connectivity index (χ0) is 17.2. The standard InChI is InChI=1S/C18H26N4O2/c1-3-16-10-17(24-22-16)12-21-18(19-4-2)20-11-15(13-23)14-8-6-5-7-9-14/h5-10,15,23H,3-4,11-13H2,1-2H3,(H2,19,20,21). The first-order valence-corrected chi connectivity index (χ1v) is 8.39. The quantitative estimate of drug-likeness (QED) is 0.510. The van der Waals surface area contributed by atoms with Crippen molar-refractivity contribution in [2.24, 2.45) is 4.99 Å². The van der Waals surface area contributed by atoms with Gasteiger partial charge in [-0.1, -0.05) is 42.4 Å². The molecule has 0 aliphatic heterocycles. The van der Waals surface area contributed by atoms with Crippen LogP contribution >= 0.6 is 0 Å². The summed E-state index contributed by atoms with van der Waals surface area (Å²) >= 11 is 0. The van der Waals surface area contributed by atoms with Gasteiger partial charge in [-0.05, 0) is 18.9 Å². The molecule has 1 aromatic heterocycles. The summed E-state index contributed by atoms with van der Waals surface area (Å²) in [6.07, 6.45) is 0.848. The van der Waals surface area contributed by atoms with Crippen molar-refractivity contribution in [2.75, 3.05) is 19.7 Å². The third kappa shape index (κ3) is 5.38. The molecule has 0 amide bonds. The number of aliphatic imine (C=N–C) groups is 1. The fourth-order valence-corrected chi connectivity index (χ4v) is 2.33. The Morgan fingerprint density at radius 2 is 2.04 bits per heavy atom. The van der Waals surface area contributed by atoms with Gasteiger partial charge in [0.25, 0.3) is 0 Å². The van der Waals surface area contributed by atoms with Gasteiger partial charge < -0.3 is 20.3 Å². The summed E-state index contributed by atoms with van der Waals surface area (Å²) in [5.74, 6) is 1.46. The second-order valence-electron chi connectivity index (χ2n) is 5.50. The Balaban J connectivity index is 1.95. The fourth-order valence-electron chi connectivity index (χ4n) is 2.33. The Labute approximate surface area is 143 Å². The molecule has 3 N–H and O–H groups in total. The average molecular weight is 330 g/mol. The van der Waals surface area contributed by atoms with Crippen LogP contribution in [-0.4, -0.2) is 35.9 Å². The molecule has 130 valence electrons. The molecular weight excluding hydrogens is 304 g/mol. The van der Waals surface area contributed by atoms with E-state index in [0.29, 0.717) is 19.0 Å². The van der Waals surface area contributed by atoms with Gasteiger partial charge in [-0.2, -0.15) is 0 Å². The Hall–Kier alpha value is -2.34. The van der Waals surface area contributed by atoms with Crippen molar-refractivity contribution in [3.05, 3.63) is 53.4 Å². The highest BCUT2D eigenvalue weighted by Gasteiger charge is 2.11. The van der Waals surface area contributed by atoms with E-state index in [1.807, 2.05) is 50.2 Å². The van der Waals surface area contributed by atoms with Gasteiger partial charge in [0.1, 0.15) is 6.54 Å². The number of nitrogens with one attached hydrogen (secondary N) is 2. The lowest BCUT2D eigenvalue weighted by Crippen LogP contribution is -2.39. The summed E-state index contributed by atoms with van der Waals surface area (Å²) in [5, 5.41) is 20.1. The van der Waals surface area contributed by atoms with Crippen molar-refractivity contribution in [3.8, 4) is 0 Å². The van der Waals surface area contributed by atoms with Gasteiger partial charge in [-0.25, -0.2) is 4.99 Å². The normalized spacial score (nSPS) is 12.9. The Bertz CT molecular complexity index is 625. The minimum atomic E-state index is 0.0204. The highest BCUT2D eigenvalue weighted by Crippen LogP contribution is 2.13. The second kappa shape index (κ2) is 9.72. The van der Waals surface area contributed by atoms with Gasteiger partial charge in [0.15, 0.2) is 11.7 Å². The lowest BCUT2D eigenvalue weighted by Gasteiger charge is -2.17. The fraction of sp³-hybridized carbons (Fsp3) is 0.444. The predicted molar refractivity (Wildman–Crippen MR) is 95.0 cm³/mol. The van der Waals surface area contributed by atoms with Crippen molar-refractivity contribution in [1.82, 2.24) is 15.8 Å². The van der Waals surface area contributed by atoms with Crippen LogP contribution in [0, 0.1) is 0 Å². The van der Waals surface area contributed by atoms with Crippen LogP contribution < -0.4 is 10.6 Å². The summed E-state index contributed by atoms with van der Waals surface area (Å²) in [6, 6.07) is 11.9. The third-order valence-corrected chi connectivity index (χ3v) is 3.71. The molecule has 1 atom stereocenters. The van der Waals surface area contributed by atoms with Gasteiger partial charge in [-0.3, -0.25) is 0 Å². The zero-order valence-corrected chi connectivity index (χ0v) is 14.3. The van der Waals surface area contributed by atoms with E-state index in [9.17, 15) is 5.11 Å². The lowest BCUT2D eigenvalue weighted by molar-refractivity contribution is 0.265. The molecule has 6 heteroatoms. The molecule has 0 aliphatic rings. The van der Waals surface area contributed by atoms with Crippen molar-refractivity contribution in [1.29, 1.82) is 0 Å². The number of aryl methyl sites for hydroxylation is 1. The van der Waals surface area contributed by atoms with Crippen LogP contribution in [0.5, 0.6) is 0 Å². The third-order valence-electron chi connectivity index (χ3n) is 3.71. The predicted octanol–water partition coefficient (Wildman–Crippen LogP) is 2.07. The SMILES string of the molecule is CCNC(=NCc1cc(CC)no1)NCC(CO)c1ccccc1. The molecule has 0 saturated heterocycles. The van der Waals surface area contributed by atoms with Crippen LogP contribution in [-0.2, 0) is 13.0 Å². The van der Waals surface area contributed by atoms with E-state index in [0.717, 1.165) is 30.0 Å². The van der Waals surface area contributed by atoms with Crippen molar-refractivity contribution in [3.63, 3.8) is 0 Å². The molecule has 6 nitrogen and oxygen atoms in total. The molecule has 2 aromatic rings. The molecule has 0 fully saturated rings. The first kappa shape index (κ1) is 18.0. The van der Waals surface area contributed by atoms with Crippen molar-refractivity contribution >= 4 is 5.96 Å². The molecule has 0 bridgehead atoms. The Morgan fingerprint density at radius 3 is 2.67 bits per heavy atom. The summed E-state index contributed by atoms with van der Waals surface area (Å²) < 4.78 is 5.25. The number of hydrogen-bond donors (Lipinski definition) is 3. The van der Waals surface area contributed by atoms with E-state index < -0.39 is 0 Å². The highest BCUT2D eigenvalue weighted by molar-refractivity contribution is 5.79. The summed E-state index contributed by atoms with van der Waals surface area (Å²) in [4.78, 5) is 4.51. The topological polar surface area (TPSA) is 82.7 Å². The molecule has 1 unspecified atom stereocenters. The van der Waals surface area contributed by atoms with Crippen LogP contribution in [0.2, 0.25) is 0 Å². The monoisotopic (exact) mass is 330 g/mol. The average Bonchev–Trinajstić information content (AvgIpc) is 3.09. The molecular formula is C18H26N4O2. The second-order valence-corrected chi connectivity index (χ2v) is 5.50. The number of nitrogens with zero attached hydrogens (tertiary/aromatic N) is 2. The highest BCUT2D eigenvalue weighted by atomic mass is 16.5. The lowest BCUT2D eigenvalue weighted by atomic mass is 10.0. The van der Waals surface area contributed by atoms with E-state index in [1.54, 1.807) is 0 Å². The summed E-state index contributed by atoms with van der Waals surface area (Å²) in [7, 11) is 0. The number of aromatic nitrogens is 1. The van der Waals surface area contributed by atoms with Crippen molar-refractivity contribution < 1.29 is 9.63 Å². The van der Waals surface area contributed by atoms with Crippen molar-refractivity contribution in [2.45, 2.75) is 32.7 Å². The molecule has 1 heterocycles. The maximum Gasteiger partial charge on any atom is 0.191 e. The zero-order valence-electron chi connectivity index (χ0n) is 14.3.